The van der Waals surface area contributed by atoms with E-state index in [1.807, 2.05) is 0 Å². The molecule has 10 rings (SSSR count). The lowest BCUT2D eigenvalue weighted by Crippen LogP contribution is -2.37. The first-order valence-corrected chi connectivity index (χ1v) is 12.0. The molecule has 10 aliphatic rings. The van der Waals surface area contributed by atoms with Crippen LogP contribution in [0.15, 0.2) is 22.3 Å². The molecule has 8 aliphatic carbocycles. The van der Waals surface area contributed by atoms with Gasteiger partial charge in [-0.05, 0) is 79.1 Å². The van der Waals surface area contributed by atoms with Crippen molar-refractivity contribution in [3.63, 3.8) is 0 Å². The third kappa shape index (κ3) is 2.17. The highest BCUT2D eigenvalue weighted by molar-refractivity contribution is 5.44. The second-order valence-corrected chi connectivity index (χ2v) is 12.9. The van der Waals surface area contributed by atoms with Crippen LogP contribution >= 0.6 is 0 Å². The van der Waals surface area contributed by atoms with Gasteiger partial charge in [0.1, 0.15) is 0 Å². The van der Waals surface area contributed by atoms with Gasteiger partial charge in [0.25, 0.3) is 0 Å². The van der Waals surface area contributed by atoms with Gasteiger partial charge in [0.2, 0.25) is 0 Å². The van der Waals surface area contributed by atoms with Crippen LogP contribution in [0.1, 0.15) is 79.1 Å². The molecule has 2 saturated heterocycles. The molecule has 0 N–H and O–H groups in total. The van der Waals surface area contributed by atoms with Crippen molar-refractivity contribution in [3.8, 4) is 0 Å². The van der Waals surface area contributed by atoms with E-state index in [1.54, 1.807) is 22.3 Å². The first kappa shape index (κ1) is 18.8. The van der Waals surface area contributed by atoms with Crippen molar-refractivity contribution in [2.45, 2.75) is 90.6 Å². The van der Waals surface area contributed by atoms with E-state index < -0.39 is 11.6 Å². The van der Waals surface area contributed by atoms with E-state index in [4.69, 9.17) is 18.9 Å². The second kappa shape index (κ2) is 5.27. The summed E-state index contributed by atoms with van der Waals surface area (Å²) >= 11 is 0. The molecule has 0 amide bonds. The van der Waals surface area contributed by atoms with Gasteiger partial charge in [0.15, 0.2) is 11.6 Å². The van der Waals surface area contributed by atoms with Crippen LogP contribution in [0, 0.1) is 21.7 Å². The highest BCUT2D eigenvalue weighted by atomic mass is 16.7. The Morgan fingerprint density at radius 3 is 0.800 bits per heavy atom. The second-order valence-electron chi connectivity index (χ2n) is 12.9. The summed E-state index contributed by atoms with van der Waals surface area (Å²) < 4.78 is 25.6. The molecule has 0 aromatic carbocycles. The predicted molar refractivity (Wildman–Crippen MR) is 113 cm³/mol. The Morgan fingerprint density at radius 1 is 0.400 bits per heavy atom. The van der Waals surface area contributed by atoms with Gasteiger partial charge in [-0.3, -0.25) is 0 Å². The molecule has 0 aromatic rings. The van der Waals surface area contributed by atoms with E-state index in [9.17, 15) is 0 Å². The molecule has 164 valence electrons. The molecule has 30 heavy (non-hydrogen) atoms. The fourth-order valence-electron chi connectivity index (χ4n) is 8.62. The van der Waals surface area contributed by atoms with Crippen molar-refractivity contribution in [1.82, 2.24) is 0 Å². The highest BCUT2D eigenvalue weighted by Crippen LogP contribution is 2.75. The molecule has 4 saturated carbocycles. The van der Waals surface area contributed by atoms with Gasteiger partial charge in [-0.1, -0.05) is 22.3 Å². The third-order valence-corrected chi connectivity index (χ3v) is 10.4. The maximum atomic E-state index is 6.39. The Kier molecular flexibility index (Phi) is 3.31. The summed E-state index contributed by atoms with van der Waals surface area (Å²) in [6.45, 7) is 11.8. The molecule has 4 heteroatoms. The van der Waals surface area contributed by atoms with Crippen LogP contribution < -0.4 is 0 Å². The molecular weight excluding hydrogens is 376 g/mol. The van der Waals surface area contributed by atoms with Crippen LogP contribution in [0.4, 0.5) is 0 Å². The Hall–Kier alpha value is -0.680. The summed E-state index contributed by atoms with van der Waals surface area (Å²) in [5.74, 6) is -0.905. The number of ether oxygens (including phenoxy) is 4. The Morgan fingerprint density at radius 2 is 0.600 bits per heavy atom. The van der Waals surface area contributed by atoms with Gasteiger partial charge >= 0.3 is 0 Å². The van der Waals surface area contributed by atoms with Gasteiger partial charge in [0, 0.05) is 21.7 Å². The molecular formula is C26H36O4. The molecule has 0 aromatic heterocycles. The maximum absolute atomic E-state index is 6.39. The largest absolute Gasteiger partial charge is 0.350 e. The summed E-state index contributed by atoms with van der Waals surface area (Å²) in [7, 11) is 0. The SMILES string of the molecule is CC1(C)OCC23CC4=C5CC67COC(C)(C)OCC6(C5)CC(=C(C2)CC3(CO1)C4)C7. The van der Waals surface area contributed by atoms with Crippen molar-refractivity contribution in [1.29, 1.82) is 0 Å². The zero-order valence-corrected chi connectivity index (χ0v) is 19.1. The van der Waals surface area contributed by atoms with Gasteiger partial charge in [-0.25, -0.2) is 0 Å². The van der Waals surface area contributed by atoms with Crippen molar-refractivity contribution in [2.75, 3.05) is 26.4 Å². The van der Waals surface area contributed by atoms with E-state index in [1.165, 1.54) is 51.4 Å². The molecule has 4 nitrogen and oxygen atoms in total. The van der Waals surface area contributed by atoms with Crippen LogP contribution in [-0.2, 0) is 18.9 Å². The van der Waals surface area contributed by atoms with Gasteiger partial charge < -0.3 is 18.9 Å². The lowest BCUT2D eigenvalue weighted by molar-refractivity contribution is -0.208. The van der Waals surface area contributed by atoms with E-state index >= 15 is 0 Å². The highest BCUT2D eigenvalue weighted by Gasteiger charge is 2.69. The van der Waals surface area contributed by atoms with E-state index in [-0.39, 0.29) is 21.7 Å². The zero-order chi connectivity index (χ0) is 20.6. The minimum atomic E-state index is -0.452. The van der Waals surface area contributed by atoms with E-state index in [0.29, 0.717) is 0 Å². The first-order valence-electron chi connectivity index (χ1n) is 12.0. The van der Waals surface area contributed by atoms with Crippen LogP contribution in [0.25, 0.3) is 0 Å². The quantitative estimate of drug-likeness (QED) is 0.507. The molecule has 8 bridgehead atoms. The Labute approximate surface area is 180 Å². The number of hydrogen-bond acceptors (Lipinski definition) is 4. The number of hydrogen-bond donors (Lipinski definition) is 0. The minimum absolute atomic E-state index is 0.248. The van der Waals surface area contributed by atoms with E-state index in [0.717, 1.165) is 26.4 Å². The summed E-state index contributed by atoms with van der Waals surface area (Å²) in [5, 5.41) is 0. The van der Waals surface area contributed by atoms with Gasteiger partial charge in [-0.15, -0.1) is 0 Å². The average Bonchev–Trinajstić information content (AvgIpc) is 3.29. The predicted octanol–water partition coefficient (Wildman–Crippen LogP) is 5.28. The van der Waals surface area contributed by atoms with Crippen molar-refractivity contribution >= 4 is 0 Å². The summed E-state index contributed by atoms with van der Waals surface area (Å²) in [5.41, 5.74) is 7.98. The summed E-state index contributed by atoms with van der Waals surface area (Å²) in [6.07, 6.45) is 9.76. The fraction of sp³-hybridized carbons (Fsp3) is 0.846. The summed E-state index contributed by atoms with van der Waals surface area (Å²) in [4.78, 5) is 0. The smallest absolute Gasteiger partial charge is 0.162 e. The molecule has 4 spiro atoms. The van der Waals surface area contributed by atoms with Crippen molar-refractivity contribution in [2.24, 2.45) is 21.7 Å². The zero-order valence-electron chi connectivity index (χ0n) is 19.1. The third-order valence-electron chi connectivity index (χ3n) is 10.4. The van der Waals surface area contributed by atoms with E-state index in [2.05, 4.69) is 27.7 Å². The Balaban J connectivity index is 1.36. The molecule has 2 aliphatic heterocycles. The minimum Gasteiger partial charge on any atom is -0.350 e. The molecule has 2 heterocycles. The van der Waals surface area contributed by atoms with Crippen LogP contribution in [0.3, 0.4) is 0 Å². The maximum Gasteiger partial charge on any atom is 0.162 e. The monoisotopic (exact) mass is 412 g/mol. The lowest BCUT2D eigenvalue weighted by atomic mass is 9.69. The number of rotatable bonds is 0. The lowest BCUT2D eigenvalue weighted by Gasteiger charge is -2.36. The first-order chi connectivity index (χ1) is 14.1. The molecule has 0 radical (unpaired) electrons. The van der Waals surface area contributed by atoms with Crippen LogP contribution in [0.2, 0.25) is 0 Å². The molecule has 6 fully saturated rings. The van der Waals surface area contributed by atoms with Crippen LogP contribution in [0.5, 0.6) is 0 Å². The topological polar surface area (TPSA) is 36.9 Å². The standard InChI is InChI=1S/C26H36O4/c1-21(2)27-13-23-5-17-6-24(23,14-28-21)8-18(7-23)20-11-25-9-19(17)10-26(25,12-20)16-30-22(3,4)29-15-25/h5-16H2,1-4H3. The summed E-state index contributed by atoms with van der Waals surface area (Å²) in [6, 6.07) is 0. The number of allylic oxidation sites excluding steroid dienone is 4. The van der Waals surface area contributed by atoms with Gasteiger partial charge in [0.05, 0.1) is 26.4 Å². The van der Waals surface area contributed by atoms with Crippen LogP contribution in [-0.4, -0.2) is 38.0 Å². The fourth-order valence-corrected chi connectivity index (χ4v) is 8.62. The van der Waals surface area contributed by atoms with Gasteiger partial charge in [-0.2, -0.15) is 0 Å². The normalized spacial score (nSPS) is 50.0. The average molecular weight is 413 g/mol. The van der Waals surface area contributed by atoms with Crippen molar-refractivity contribution in [3.05, 3.63) is 22.3 Å². The molecule has 0 unspecified atom stereocenters. The molecule has 0 atom stereocenters. The Bertz CT molecular complexity index is 730. The van der Waals surface area contributed by atoms with Crippen molar-refractivity contribution < 1.29 is 18.9 Å².